The minimum atomic E-state index is -0.00213. The van der Waals surface area contributed by atoms with Gasteiger partial charge in [0.15, 0.2) is 5.84 Å². The van der Waals surface area contributed by atoms with Crippen molar-refractivity contribution in [3.05, 3.63) is 118 Å². The van der Waals surface area contributed by atoms with Crippen LogP contribution in [0.15, 0.2) is 94.9 Å². The maximum absolute atomic E-state index is 4.91. The molecule has 4 aromatic carbocycles. The van der Waals surface area contributed by atoms with E-state index < -0.39 is 0 Å². The minimum absolute atomic E-state index is 0.00213. The number of benzene rings is 4. The molecule has 0 saturated heterocycles. The molecule has 0 bridgehead atoms. The fraction of sp³-hybridized carbons (Fsp3) is 0.212. The Morgan fingerprint density at radius 1 is 0.629 bits per heavy atom. The van der Waals surface area contributed by atoms with Gasteiger partial charge in [0.1, 0.15) is 0 Å². The molecule has 0 fully saturated rings. The Morgan fingerprint density at radius 2 is 1.14 bits per heavy atom. The molecule has 172 valence electrons. The molecule has 35 heavy (non-hydrogen) atoms. The zero-order valence-corrected chi connectivity index (χ0v) is 20.9. The topological polar surface area (TPSA) is 24.7 Å². The van der Waals surface area contributed by atoms with Crippen LogP contribution < -0.4 is 0 Å². The highest BCUT2D eigenvalue weighted by atomic mass is 14.9. The Kier molecular flexibility index (Phi) is 4.73. The molecule has 0 N–H and O–H groups in total. The van der Waals surface area contributed by atoms with Gasteiger partial charge in [-0.1, -0.05) is 100 Å². The fourth-order valence-electron chi connectivity index (χ4n) is 6.12. The second-order valence-corrected chi connectivity index (χ2v) is 10.8. The molecule has 0 spiro atoms. The van der Waals surface area contributed by atoms with Crippen LogP contribution in [0.5, 0.6) is 0 Å². The SMILES string of the molecule is C=N/C(=N\Cc1ccc2c(c1)-c1ccccc1C2(C)C)c1ccc2c(c1)-c1ccccc1C2(C)C. The van der Waals surface area contributed by atoms with Gasteiger partial charge in [0.25, 0.3) is 0 Å². The summed E-state index contributed by atoms with van der Waals surface area (Å²) in [4.78, 5) is 9.23. The smallest absolute Gasteiger partial charge is 0.154 e. The van der Waals surface area contributed by atoms with Gasteiger partial charge in [0.2, 0.25) is 0 Å². The summed E-state index contributed by atoms with van der Waals surface area (Å²) in [5.41, 5.74) is 13.0. The van der Waals surface area contributed by atoms with Crippen LogP contribution in [0.4, 0.5) is 0 Å². The van der Waals surface area contributed by atoms with Crippen LogP contribution in [0, 0.1) is 0 Å². The molecular formula is C33H30N2. The van der Waals surface area contributed by atoms with Crippen LogP contribution in [-0.2, 0) is 17.4 Å². The van der Waals surface area contributed by atoms with E-state index in [1.807, 2.05) is 0 Å². The number of hydrogen-bond donors (Lipinski definition) is 0. The second kappa shape index (κ2) is 7.61. The van der Waals surface area contributed by atoms with E-state index in [4.69, 9.17) is 4.99 Å². The highest BCUT2D eigenvalue weighted by molar-refractivity contribution is 6.03. The number of hydrogen-bond acceptors (Lipinski definition) is 1. The Morgan fingerprint density at radius 3 is 1.74 bits per heavy atom. The largest absolute Gasteiger partial charge is 0.261 e. The van der Waals surface area contributed by atoms with Crippen molar-refractivity contribution in [1.82, 2.24) is 0 Å². The molecule has 2 aliphatic rings. The summed E-state index contributed by atoms with van der Waals surface area (Å²) < 4.78 is 0. The Labute approximate surface area is 208 Å². The number of rotatable bonds is 3. The first-order valence-electron chi connectivity index (χ1n) is 12.3. The standard InChI is InChI=1S/C33H30N2/c1-32(2)27-12-8-6-10-23(27)25-18-21(14-16-29(25)32)20-35-31(34-5)22-15-17-30-26(19-22)24-11-7-9-13-28(24)33(30,3)4/h6-19H,5,20H2,1-4H3/b35-31-. The lowest BCUT2D eigenvalue weighted by atomic mass is 9.82. The van der Waals surface area contributed by atoms with Crippen LogP contribution in [0.3, 0.4) is 0 Å². The molecule has 0 radical (unpaired) electrons. The normalized spacial score (nSPS) is 16.3. The molecular weight excluding hydrogens is 424 g/mol. The van der Waals surface area contributed by atoms with Gasteiger partial charge in [0, 0.05) is 16.4 Å². The zero-order valence-electron chi connectivity index (χ0n) is 20.9. The van der Waals surface area contributed by atoms with Gasteiger partial charge in [-0.15, -0.1) is 0 Å². The highest BCUT2D eigenvalue weighted by Crippen LogP contribution is 2.49. The van der Waals surface area contributed by atoms with E-state index >= 15 is 0 Å². The molecule has 2 heteroatoms. The van der Waals surface area contributed by atoms with Crippen molar-refractivity contribution >= 4 is 12.6 Å². The number of aliphatic imine (C=N–C) groups is 2. The van der Waals surface area contributed by atoms with Crippen molar-refractivity contribution in [1.29, 1.82) is 0 Å². The summed E-state index contributed by atoms with van der Waals surface area (Å²) >= 11 is 0. The minimum Gasteiger partial charge on any atom is -0.261 e. The highest BCUT2D eigenvalue weighted by Gasteiger charge is 2.36. The van der Waals surface area contributed by atoms with Crippen LogP contribution >= 0.6 is 0 Å². The van der Waals surface area contributed by atoms with Gasteiger partial charge in [-0.25, -0.2) is 4.99 Å². The Balaban J connectivity index is 1.35. The van der Waals surface area contributed by atoms with E-state index in [9.17, 15) is 0 Å². The molecule has 2 aliphatic carbocycles. The maximum Gasteiger partial charge on any atom is 0.154 e. The molecule has 0 heterocycles. The third-order valence-electron chi connectivity index (χ3n) is 8.05. The first-order chi connectivity index (χ1) is 16.8. The van der Waals surface area contributed by atoms with Gasteiger partial charge in [-0.2, -0.15) is 0 Å². The summed E-state index contributed by atoms with van der Waals surface area (Å²) in [5.74, 6) is 0.691. The van der Waals surface area contributed by atoms with Crippen molar-refractivity contribution in [2.75, 3.05) is 0 Å². The zero-order chi connectivity index (χ0) is 24.4. The first-order valence-corrected chi connectivity index (χ1v) is 12.3. The molecule has 6 rings (SSSR count). The summed E-state index contributed by atoms with van der Waals surface area (Å²) in [6.07, 6.45) is 0. The molecule has 0 aromatic heterocycles. The summed E-state index contributed by atoms with van der Waals surface area (Å²) in [5, 5.41) is 0. The van der Waals surface area contributed by atoms with Crippen molar-refractivity contribution in [2.45, 2.75) is 45.1 Å². The molecule has 0 aliphatic heterocycles. The van der Waals surface area contributed by atoms with Crippen LogP contribution in [0.1, 0.15) is 61.1 Å². The Hall–Kier alpha value is -3.78. The maximum atomic E-state index is 4.91. The molecule has 2 nitrogen and oxygen atoms in total. The van der Waals surface area contributed by atoms with Crippen molar-refractivity contribution < 1.29 is 0 Å². The molecule has 4 aromatic rings. The van der Waals surface area contributed by atoms with Gasteiger partial charge in [-0.3, -0.25) is 4.99 Å². The van der Waals surface area contributed by atoms with E-state index in [2.05, 4.69) is 124 Å². The molecule has 0 atom stereocenters. The average Bonchev–Trinajstić information content (AvgIpc) is 3.24. The average molecular weight is 455 g/mol. The van der Waals surface area contributed by atoms with E-state index in [1.165, 1.54) is 50.1 Å². The van der Waals surface area contributed by atoms with E-state index in [-0.39, 0.29) is 10.8 Å². The lowest BCUT2D eigenvalue weighted by Crippen LogP contribution is -2.15. The third kappa shape index (κ3) is 3.16. The predicted molar refractivity (Wildman–Crippen MR) is 148 cm³/mol. The monoisotopic (exact) mass is 454 g/mol. The molecule has 0 amide bonds. The number of amidine groups is 1. The first kappa shape index (κ1) is 21.7. The van der Waals surface area contributed by atoms with Crippen molar-refractivity contribution in [3.63, 3.8) is 0 Å². The van der Waals surface area contributed by atoms with Crippen LogP contribution in [0.2, 0.25) is 0 Å². The van der Waals surface area contributed by atoms with E-state index in [0.717, 1.165) is 5.56 Å². The third-order valence-corrected chi connectivity index (χ3v) is 8.05. The summed E-state index contributed by atoms with van der Waals surface area (Å²) in [6, 6.07) is 30.8. The second-order valence-electron chi connectivity index (χ2n) is 10.8. The molecule has 0 unspecified atom stereocenters. The lowest BCUT2D eigenvalue weighted by molar-refractivity contribution is 0.660. The van der Waals surface area contributed by atoms with E-state index in [0.29, 0.717) is 12.4 Å². The predicted octanol–water partition coefficient (Wildman–Crippen LogP) is 7.95. The molecule has 0 saturated carbocycles. The van der Waals surface area contributed by atoms with E-state index in [1.54, 1.807) is 0 Å². The lowest BCUT2D eigenvalue weighted by Gasteiger charge is -2.21. The number of fused-ring (bicyclic) bond motifs is 6. The quantitative estimate of drug-likeness (QED) is 0.222. The van der Waals surface area contributed by atoms with Crippen LogP contribution in [0.25, 0.3) is 22.3 Å². The fourth-order valence-corrected chi connectivity index (χ4v) is 6.12. The van der Waals surface area contributed by atoms with Crippen molar-refractivity contribution in [3.8, 4) is 22.3 Å². The van der Waals surface area contributed by atoms with Gasteiger partial charge < -0.3 is 0 Å². The number of nitrogens with zero attached hydrogens (tertiary/aromatic N) is 2. The van der Waals surface area contributed by atoms with Gasteiger partial charge >= 0.3 is 0 Å². The van der Waals surface area contributed by atoms with Crippen molar-refractivity contribution in [2.24, 2.45) is 9.98 Å². The summed E-state index contributed by atoms with van der Waals surface area (Å²) in [6.45, 7) is 13.6. The van der Waals surface area contributed by atoms with Gasteiger partial charge in [0.05, 0.1) is 6.54 Å². The van der Waals surface area contributed by atoms with Crippen LogP contribution in [-0.4, -0.2) is 12.6 Å². The Bertz CT molecular complexity index is 1530. The summed E-state index contributed by atoms with van der Waals surface area (Å²) in [7, 11) is 0. The van der Waals surface area contributed by atoms with Gasteiger partial charge in [-0.05, 0) is 68.9 Å².